The fraction of sp³-hybridized carbons (Fsp3) is 0.400. The minimum absolute atomic E-state index is 0.111. The minimum atomic E-state index is -0.154. The highest BCUT2D eigenvalue weighted by molar-refractivity contribution is 5.92. The molecule has 1 aliphatic carbocycles. The first-order valence-corrected chi connectivity index (χ1v) is 6.30. The molecule has 94 valence electrons. The average Bonchev–Trinajstić information content (AvgIpc) is 2.91. The zero-order chi connectivity index (χ0) is 12.8. The van der Waals surface area contributed by atoms with E-state index in [2.05, 4.69) is 17.2 Å². The van der Waals surface area contributed by atoms with Crippen LogP contribution in [0.2, 0.25) is 0 Å². The van der Waals surface area contributed by atoms with Gasteiger partial charge in [0.2, 0.25) is 5.91 Å². The third kappa shape index (κ3) is 3.35. The first kappa shape index (κ1) is 12.7. The zero-order valence-corrected chi connectivity index (χ0v) is 10.3. The highest BCUT2D eigenvalue weighted by atomic mass is 16.2. The van der Waals surface area contributed by atoms with E-state index in [-0.39, 0.29) is 18.4 Å². The van der Waals surface area contributed by atoms with Crippen molar-refractivity contribution in [2.45, 2.75) is 25.7 Å². The molecule has 2 N–H and O–H groups in total. The van der Waals surface area contributed by atoms with Crippen molar-refractivity contribution < 1.29 is 9.90 Å². The second kappa shape index (κ2) is 6.23. The Hall–Kier alpha value is -1.79. The molecule has 3 heteroatoms. The monoisotopic (exact) mass is 243 g/mol. The maximum atomic E-state index is 12.0. The lowest BCUT2D eigenvalue weighted by atomic mass is 10.1. The Bertz CT molecular complexity index is 479. The van der Waals surface area contributed by atoms with E-state index >= 15 is 0 Å². The van der Waals surface area contributed by atoms with Crippen LogP contribution in [-0.2, 0) is 4.79 Å². The van der Waals surface area contributed by atoms with E-state index < -0.39 is 0 Å². The third-order valence-electron chi connectivity index (χ3n) is 3.17. The Kier molecular flexibility index (Phi) is 4.38. The van der Waals surface area contributed by atoms with Gasteiger partial charge in [0, 0.05) is 17.2 Å². The molecule has 0 spiro atoms. The van der Waals surface area contributed by atoms with Gasteiger partial charge in [-0.1, -0.05) is 30.7 Å². The Labute approximate surface area is 107 Å². The predicted octanol–water partition coefficient (Wildman–Crippen LogP) is 2.16. The summed E-state index contributed by atoms with van der Waals surface area (Å²) < 4.78 is 0. The van der Waals surface area contributed by atoms with Gasteiger partial charge < -0.3 is 10.4 Å². The van der Waals surface area contributed by atoms with Crippen molar-refractivity contribution in [2.24, 2.45) is 5.92 Å². The van der Waals surface area contributed by atoms with E-state index in [4.69, 9.17) is 5.11 Å². The second-order valence-electron chi connectivity index (χ2n) is 4.51. The fourth-order valence-corrected chi connectivity index (χ4v) is 2.25. The van der Waals surface area contributed by atoms with Crippen LogP contribution < -0.4 is 5.32 Å². The number of carbonyl (C=O) groups is 1. The van der Waals surface area contributed by atoms with Crippen LogP contribution in [0.5, 0.6) is 0 Å². The van der Waals surface area contributed by atoms with Crippen molar-refractivity contribution in [1.29, 1.82) is 0 Å². The van der Waals surface area contributed by atoms with E-state index in [0.717, 1.165) is 36.9 Å². The first-order valence-electron chi connectivity index (χ1n) is 6.30. The first-order chi connectivity index (χ1) is 8.79. The SMILES string of the molecule is O=C(Nc1cccc(C#CCO)c1)C1CCCC1. The number of rotatable bonds is 2. The van der Waals surface area contributed by atoms with E-state index in [1.807, 2.05) is 24.3 Å². The topological polar surface area (TPSA) is 49.3 Å². The largest absolute Gasteiger partial charge is 0.384 e. The van der Waals surface area contributed by atoms with E-state index in [0.29, 0.717) is 0 Å². The van der Waals surface area contributed by atoms with Crippen molar-refractivity contribution >= 4 is 11.6 Å². The molecule has 2 rings (SSSR count). The summed E-state index contributed by atoms with van der Waals surface area (Å²) >= 11 is 0. The van der Waals surface area contributed by atoms with Crippen LogP contribution in [0.1, 0.15) is 31.2 Å². The number of nitrogens with one attached hydrogen (secondary N) is 1. The van der Waals surface area contributed by atoms with Gasteiger partial charge in [0.15, 0.2) is 0 Å². The van der Waals surface area contributed by atoms with Gasteiger partial charge >= 0.3 is 0 Å². The molecule has 0 unspecified atom stereocenters. The van der Waals surface area contributed by atoms with Crippen LogP contribution in [0, 0.1) is 17.8 Å². The highest BCUT2D eigenvalue weighted by Crippen LogP contribution is 2.26. The fourth-order valence-electron chi connectivity index (χ4n) is 2.25. The van der Waals surface area contributed by atoms with Crippen molar-refractivity contribution in [2.75, 3.05) is 11.9 Å². The Balaban J connectivity index is 2.02. The summed E-state index contributed by atoms with van der Waals surface area (Å²) in [6.45, 7) is -0.154. The van der Waals surface area contributed by atoms with Crippen LogP contribution in [0.25, 0.3) is 0 Å². The van der Waals surface area contributed by atoms with Crippen LogP contribution in [0.15, 0.2) is 24.3 Å². The summed E-state index contributed by atoms with van der Waals surface area (Å²) in [5, 5.41) is 11.6. The van der Waals surface area contributed by atoms with Gasteiger partial charge in [-0.15, -0.1) is 0 Å². The molecule has 1 saturated carbocycles. The van der Waals surface area contributed by atoms with Crippen molar-refractivity contribution in [1.82, 2.24) is 0 Å². The number of hydrogen-bond acceptors (Lipinski definition) is 2. The van der Waals surface area contributed by atoms with Gasteiger partial charge in [0.05, 0.1) is 0 Å². The Morgan fingerprint density at radius 1 is 1.39 bits per heavy atom. The van der Waals surface area contributed by atoms with Crippen LogP contribution in [0.3, 0.4) is 0 Å². The van der Waals surface area contributed by atoms with Crippen molar-refractivity contribution in [3.8, 4) is 11.8 Å². The molecule has 3 nitrogen and oxygen atoms in total. The number of anilines is 1. The Morgan fingerprint density at radius 3 is 2.89 bits per heavy atom. The molecule has 1 amide bonds. The van der Waals surface area contributed by atoms with Gasteiger partial charge in [-0.05, 0) is 31.0 Å². The standard InChI is InChI=1S/C15H17NO2/c17-10-4-6-12-5-3-9-14(11-12)16-15(18)13-7-1-2-8-13/h3,5,9,11,13,17H,1-2,7-8,10H2,(H,16,18). The number of carbonyl (C=O) groups excluding carboxylic acids is 1. The highest BCUT2D eigenvalue weighted by Gasteiger charge is 2.22. The molecular weight excluding hydrogens is 226 g/mol. The van der Waals surface area contributed by atoms with Crippen LogP contribution in [-0.4, -0.2) is 17.6 Å². The normalized spacial score (nSPS) is 14.9. The molecule has 18 heavy (non-hydrogen) atoms. The molecule has 1 aliphatic rings. The summed E-state index contributed by atoms with van der Waals surface area (Å²) in [4.78, 5) is 12.0. The lowest BCUT2D eigenvalue weighted by Gasteiger charge is -2.10. The van der Waals surface area contributed by atoms with Gasteiger partial charge in [0.1, 0.15) is 6.61 Å². The number of aliphatic hydroxyl groups is 1. The molecule has 0 atom stereocenters. The summed E-state index contributed by atoms with van der Waals surface area (Å²) in [5.41, 5.74) is 1.57. The van der Waals surface area contributed by atoms with E-state index in [1.54, 1.807) is 0 Å². The molecule has 0 bridgehead atoms. The summed E-state index contributed by atoms with van der Waals surface area (Å²) in [6.07, 6.45) is 4.30. The summed E-state index contributed by atoms with van der Waals surface area (Å²) in [5.74, 6) is 5.69. The molecule has 1 fully saturated rings. The molecule has 1 aromatic carbocycles. The minimum Gasteiger partial charge on any atom is -0.384 e. The van der Waals surface area contributed by atoms with Gasteiger partial charge in [-0.2, -0.15) is 0 Å². The van der Waals surface area contributed by atoms with Crippen molar-refractivity contribution in [3.05, 3.63) is 29.8 Å². The molecular formula is C15H17NO2. The molecule has 0 aliphatic heterocycles. The number of hydrogen-bond donors (Lipinski definition) is 2. The molecule has 1 aromatic rings. The number of aliphatic hydroxyl groups excluding tert-OH is 1. The Morgan fingerprint density at radius 2 is 2.17 bits per heavy atom. The van der Waals surface area contributed by atoms with E-state index in [1.165, 1.54) is 0 Å². The van der Waals surface area contributed by atoms with Gasteiger partial charge in [-0.3, -0.25) is 4.79 Å². The molecule has 0 radical (unpaired) electrons. The lowest BCUT2D eigenvalue weighted by Crippen LogP contribution is -2.20. The smallest absolute Gasteiger partial charge is 0.227 e. The second-order valence-corrected chi connectivity index (χ2v) is 4.51. The summed E-state index contributed by atoms with van der Waals surface area (Å²) in [6, 6.07) is 7.39. The van der Waals surface area contributed by atoms with Crippen LogP contribution in [0.4, 0.5) is 5.69 Å². The average molecular weight is 243 g/mol. The zero-order valence-electron chi connectivity index (χ0n) is 10.3. The van der Waals surface area contributed by atoms with Crippen molar-refractivity contribution in [3.63, 3.8) is 0 Å². The predicted molar refractivity (Wildman–Crippen MR) is 71.0 cm³/mol. The van der Waals surface area contributed by atoms with Gasteiger partial charge in [-0.25, -0.2) is 0 Å². The maximum absolute atomic E-state index is 12.0. The van der Waals surface area contributed by atoms with Gasteiger partial charge in [0.25, 0.3) is 0 Å². The quantitative estimate of drug-likeness (QED) is 0.782. The summed E-state index contributed by atoms with van der Waals surface area (Å²) in [7, 11) is 0. The number of benzene rings is 1. The molecule has 0 saturated heterocycles. The molecule has 0 heterocycles. The van der Waals surface area contributed by atoms with E-state index in [9.17, 15) is 4.79 Å². The van der Waals surface area contributed by atoms with Crippen LogP contribution >= 0.6 is 0 Å². The molecule has 0 aromatic heterocycles. The third-order valence-corrected chi connectivity index (χ3v) is 3.17. The maximum Gasteiger partial charge on any atom is 0.227 e. The lowest BCUT2D eigenvalue weighted by molar-refractivity contribution is -0.119. The number of amides is 1.